The zero-order chi connectivity index (χ0) is 25.3. The molecule has 1 saturated carbocycles. The third-order valence-electron chi connectivity index (χ3n) is 6.73. The van der Waals surface area contributed by atoms with Gasteiger partial charge in [-0.15, -0.1) is 0 Å². The van der Waals surface area contributed by atoms with E-state index in [0.717, 1.165) is 40.8 Å². The number of carbonyl (C=O) groups is 2. The van der Waals surface area contributed by atoms with Gasteiger partial charge in [0.25, 0.3) is 0 Å². The molecule has 2 aliphatic rings. The quantitative estimate of drug-likeness (QED) is 0.722. The lowest BCUT2D eigenvalue weighted by Crippen LogP contribution is -2.55. The number of amides is 2. The van der Waals surface area contributed by atoms with Crippen molar-refractivity contribution < 1.29 is 14.3 Å². The number of piperidine rings is 1. The van der Waals surface area contributed by atoms with Crippen molar-refractivity contribution in [1.82, 2.24) is 15.2 Å². The minimum atomic E-state index is -0.723. The summed E-state index contributed by atoms with van der Waals surface area (Å²) in [5, 5.41) is 16.2. The molecule has 1 aliphatic carbocycles. The van der Waals surface area contributed by atoms with Crippen LogP contribution in [0.3, 0.4) is 0 Å². The SMILES string of the molecule is C=C/C=c1\c(=C)ncc2cc(CC(C#N)NC(=O)[C@@H]3[C@H]4CC[C@H](C4)N3C(=O)OC(C)(C)C)ccc12. The molecule has 4 atom stereocenters. The van der Waals surface area contributed by atoms with Crippen LogP contribution in [0.25, 0.3) is 23.4 Å². The molecule has 1 saturated heterocycles. The molecule has 35 heavy (non-hydrogen) atoms. The molecule has 4 rings (SSSR count). The Morgan fingerprint density at radius 3 is 2.83 bits per heavy atom. The van der Waals surface area contributed by atoms with E-state index in [1.165, 1.54) is 0 Å². The molecule has 182 valence electrons. The third-order valence-corrected chi connectivity index (χ3v) is 6.73. The van der Waals surface area contributed by atoms with E-state index in [1.54, 1.807) is 17.2 Å². The van der Waals surface area contributed by atoms with Crippen LogP contribution in [-0.2, 0) is 16.0 Å². The molecule has 1 N–H and O–H groups in total. The topological polar surface area (TPSA) is 95.3 Å². The van der Waals surface area contributed by atoms with Crippen LogP contribution < -0.4 is 15.9 Å². The average molecular weight is 473 g/mol. The molecule has 1 aliphatic heterocycles. The summed E-state index contributed by atoms with van der Waals surface area (Å²) >= 11 is 0. The van der Waals surface area contributed by atoms with Crippen LogP contribution in [0.2, 0.25) is 0 Å². The second-order valence-electron chi connectivity index (χ2n) is 10.4. The Hall–Kier alpha value is -3.66. The zero-order valence-corrected chi connectivity index (χ0v) is 20.6. The average Bonchev–Trinajstić information content (AvgIpc) is 3.41. The summed E-state index contributed by atoms with van der Waals surface area (Å²) in [6.45, 7) is 13.2. The van der Waals surface area contributed by atoms with Crippen LogP contribution in [-0.4, -0.2) is 45.6 Å². The lowest BCUT2D eigenvalue weighted by Gasteiger charge is -2.35. The van der Waals surface area contributed by atoms with E-state index in [-0.39, 0.29) is 17.9 Å². The van der Waals surface area contributed by atoms with Crippen molar-refractivity contribution in [2.45, 2.75) is 70.2 Å². The highest BCUT2D eigenvalue weighted by Crippen LogP contribution is 2.43. The fourth-order valence-corrected chi connectivity index (χ4v) is 5.29. The number of rotatable bonds is 5. The maximum atomic E-state index is 13.3. The van der Waals surface area contributed by atoms with E-state index in [9.17, 15) is 14.9 Å². The maximum absolute atomic E-state index is 13.3. The highest BCUT2D eigenvalue weighted by molar-refractivity contribution is 5.88. The Balaban J connectivity index is 1.51. The number of hydrogen-bond acceptors (Lipinski definition) is 5. The number of pyridine rings is 1. The molecule has 0 radical (unpaired) electrons. The van der Waals surface area contributed by atoms with E-state index < -0.39 is 23.8 Å². The van der Waals surface area contributed by atoms with Gasteiger partial charge >= 0.3 is 6.09 Å². The van der Waals surface area contributed by atoms with E-state index in [0.29, 0.717) is 11.8 Å². The van der Waals surface area contributed by atoms with Crippen molar-refractivity contribution in [1.29, 1.82) is 5.26 Å². The Labute approximate surface area is 205 Å². The van der Waals surface area contributed by atoms with Gasteiger partial charge in [-0.2, -0.15) is 5.26 Å². The zero-order valence-electron chi connectivity index (χ0n) is 20.6. The summed E-state index contributed by atoms with van der Waals surface area (Å²) in [4.78, 5) is 32.1. The standard InChI is InChI=1S/C28H32N4O3/c1-6-7-23-17(2)30-16-20-12-18(8-11-24(20)23)13-21(15-29)31-26(33)25-19-9-10-22(14-19)32(25)27(34)35-28(3,4)5/h6-8,11-12,16,19,21-22,25H,1-2,9-10,13-14H2,3-5H3,(H,31,33)/b23-7+/t19-,21?,22+,25-/m0/s1. The summed E-state index contributed by atoms with van der Waals surface area (Å²) in [5.74, 6) is -0.198. The second kappa shape index (κ2) is 9.53. The molecule has 1 unspecified atom stereocenters. The fourth-order valence-electron chi connectivity index (χ4n) is 5.29. The Kier molecular flexibility index (Phi) is 6.66. The van der Waals surface area contributed by atoms with Crippen molar-refractivity contribution in [3.63, 3.8) is 0 Å². The number of carbonyl (C=O) groups excluding carboxylic acids is 2. The molecule has 7 nitrogen and oxygen atoms in total. The van der Waals surface area contributed by atoms with E-state index in [1.807, 2.05) is 45.0 Å². The van der Waals surface area contributed by atoms with Crippen LogP contribution in [0.1, 0.15) is 45.6 Å². The second-order valence-corrected chi connectivity index (χ2v) is 10.4. The predicted octanol–water partition coefficient (Wildman–Crippen LogP) is 2.95. The molecule has 2 fully saturated rings. The van der Waals surface area contributed by atoms with Gasteiger partial charge in [0.15, 0.2) is 0 Å². The highest BCUT2D eigenvalue weighted by Gasteiger charge is 2.52. The first-order valence-electron chi connectivity index (χ1n) is 12.0. The lowest BCUT2D eigenvalue weighted by molar-refractivity contribution is -0.128. The molecular weight excluding hydrogens is 440 g/mol. The third kappa shape index (κ3) is 5.07. The fraction of sp³-hybridized carbons (Fsp3) is 0.429. The first kappa shape index (κ1) is 24.5. The summed E-state index contributed by atoms with van der Waals surface area (Å²) in [7, 11) is 0. The number of nitriles is 1. The number of nitrogens with one attached hydrogen (secondary N) is 1. The molecule has 2 aromatic rings. The molecule has 2 amide bonds. The number of likely N-dealkylation sites (tertiary alicyclic amines) is 1. The monoisotopic (exact) mass is 472 g/mol. The van der Waals surface area contributed by atoms with Gasteiger partial charge in [-0.05, 0) is 63.0 Å². The molecule has 1 aromatic carbocycles. The summed E-state index contributed by atoms with van der Waals surface area (Å²) < 4.78 is 5.58. The minimum absolute atomic E-state index is 0.0126. The van der Waals surface area contributed by atoms with E-state index in [2.05, 4.69) is 29.5 Å². The summed E-state index contributed by atoms with van der Waals surface area (Å²) in [6, 6.07) is 6.80. The Bertz CT molecular complexity index is 1320. The number of fused-ring (bicyclic) bond motifs is 3. The van der Waals surface area contributed by atoms with Crippen molar-refractivity contribution in [3.05, 3.63) is 53.2 Å². The normalized spacial score (nSPS) is 22.6. The largest absolute Gasteiger partial charge is 0.444 e. The highest BCUT2D eigenvalue weighted by atomic mass is 16.6. The number of nitrogens with zero attached hydrogens (tertiary/aromatic N) is 3. The van der Waals surface area contributed by atoms with Crippen LogP contribution in [0.5, 0.6) is 0 Å². The van der Waals surface area contributed by atoms with E-state index >= 15 is 0 Å². The molecule has 2 heterocycles. The van der Waals surface area contributed by atoms with Gasteiger partial charge in [-0.25, -0.2) is 4.79 Å². The van der Waals surface area contributed by atoms with Crippen LogP contribution >= 0.6 is 0 Å². The van der Waals surface area contributed by atoms with E-state index in [4.69, 9.17) is 4.74 Å². The van der Waals surface area contributed by atoms with Gasteiger partial charge in [0.05, 0.1) is 11.4 Å². The maximum Gasteiger partial charge on any atom is 0.411 e. The first-order valence-corrected chi connectivity index (χ1v) is 12.0. The predicted molar refractivity (Wildman–Crippen MR) is 135 cm³/mol. The number of hydrogen-bond donors (Lipinski definition) is 1. The molecular formula is C28H32N4O3. The molecule has 0 spiro atoms. The van der Waals surface area contributed by atoms with Crippen LogP contribution in [0.15, 0.2) is 37.1 Å². The van der Waals surface area contributed by atoms with Crippen molar-refractivity contribution >= 4 is 35.4 Å². The minimum Gasteiger partial charge on any atom is -0.444 e. The smallest absolute Gasteiger partial charge is 0.411 e. The lowest BCUT2D eigenvalue weighted by atomic mass is 9.97. The van der Waals surface area contributed by atoms with Gasteiger partial charge in [0.1, 0.15) is 17.7 Å². The Morgan fingerprint density at radius 2 is 2.14 bits per heavy atom. The van der Waals surface area contributed by atoms with Gasteiger partial charge in [0.2, 0.25) is 5.91 Å². The number of benzene rings is 1. The van der Waals surface area contributed by atoms with Crippen molar-refractivity contribution in [2.75, 3.05) is 0 Å². The Morgan fingerprint density at radius 1 is 1.37 bits per heavy atom. The van der Waals surface area contributed by atoms with Gasteiger partial charge in [-0.1, -0.05) is 37.4 Å². The van der Waals surface area contributed by atoms with Gasteiger partial charge < -0.3 is 10.1 Å². The molecule has 2 bridgehead atoms. The van der Waals surface area contributed by atoms with Crippen molar-refractivity contribution in [2.24, 2.45) is 5.92 Å². The number of ether oxygens (including phenoxy) is 1. The number of aromatic nitrogens is 1. The van der Waals surface area contributed by atoms with Crippen LogP contribution in [0.4, 0.5) is 4.79 Å². The summed E-state index contributed by atoms with van der Waals surface area (Å²) in [6.07, 6.45) is 7.80. The first-order chi connectivity index (χ1) is 16.6. The van der Waals surface area contributed by atoms with Gasteiger partial charge in [0, 0.05) is 29.3 Å². The van der Waals surface area contributed by atoms with Gasteiger partial charge in [-0.3, -0.25) is 14.7 Å². The molecule has 7 heteroatoms. The summed E-state index contributed by atoms with van der Waals surface area (Å²) in [5.41, 5.74) is 0.266. The van der Waals surface area contributed by atoms with Crippen molar-refractivity contribution in [3.8, 4) is 6.07 Å². The molecule has 1 aromatic heterocycles. The number of allylic oxidation sites excluding steroid dienone is 1. The van der Waals surface area contributed by atoms with Crippen LogP contribution in [0, 0.1) is 17.2 Å².